The zero-order chi connectivity index (χ0) is 97.6. The summed E-state index contributed by atoms with van der Waals surface area (Å²) in [6, 6.07) is 105. The van der Waals surface area contributed by atoms with E-state index in [0.717, 1.165) is 197 Å². The van der Waals surface area contributed by atoms with Crippen LogP contribution >= 0.6 is 35.3 Å². The van der Waals surface area contributed by atoms with Gasteiger partial charge in [-0.3, -0.25) is 14.7 Å². The van der Waals surface area contributed by atoms with Gasteiger partial charge in [-0.25, -0.2) is 4.39 Å². The number of nitro groups is 1. The maximum atomic E-state index is 13.2. The van der Waals surface area contributed by atoms with Gasteiger partial charge in [0.1, 0.15) is 60.2 Å². The third-order valence-electron chi connectivity index (χ3n) is 23.1. The number of halogens is 1. The summed E-state index contributed by atoms with van der Waals surface area (Å²) < 4.78 is 96.7. The highest BCUT2D eigenvalue weighted by atomic mass is 32.2. The number of nitro benzene ring substituents is 1. The van der Waals surface area contributed by atoms with E-state index in [2.05, 4.69) is 152 Å². The summed E-state index contributed by atoms with van der Waals surface area (Å²) in [5, 5.41) is 20.3. The Bertz CT molecular complexity index is 6560. The topological polar surface area (TPSA) is 240 Å². The van der Waals surface area contributed by atoms with Crippen molar-refractivity contribution in [3.63, 3.8) is 0 Å². The second kappa shape index (κ2) is 49.6. The van der Waals surface area contributed by atoms with Gasteiger partial charge in [0, 0.05) is 136 Å². The van der Waals surface area contributed by atoms with E-state index >= 15 is 0 Å². The number of phenolic OH excluding ortho intramolecular Hbond substituents is 1. The minimum absolute atomic E-state index is 0.0861. The molecule has 0 bridgehead atoms. The van der Waals surface area contributed by atoms with E-state index in [0.29, 0.717) is 50.9 Å². The van der Waals surface area contributed by atoms with Gasteiger partial charge in [0.05, 0.1) is 82.2 Å². The lowest BCUT2D eigenvalue weighted by Crippen LogP contribution is -2.27. The lowest BCUT2D eigenvalue weighted by molar-refractivity contribution is -0.384. The number of aromatic hydroxyl groups is 1. The molecule has 19 rings (SSSR count). The molecular formula is C113H113FN6O15S4. The Labute approximate surface area is 826 Å². The van der Waals surface area contributed by atoms with Crippen molar-refractivity contribution < 1.29 is 70.0 Å². The Kier molecular flexibility index (Phi) is 35.8. The van der Waals surface area contributed by atoms with Crippen LogP contribution in [0.2, 0.25) is 0 Å². The molecule has 0 saturated carbocycles. The molecule has 0 amide bonds. The smallest absolute Gasteiger partial charge is 0.294 e. The predicted octanol–water partition coefficient (Wildman–Crippen LogP) is 25.6. The van der Waals surface area contributed by atoms with Crippen LogP contribution in [0.5, 0.6) is 23.0 Å². The average Bonchev–Trinajstić information content (AvgIpc) is 0.754. The lowest BCUT2D eigenvalue weighted by Gasteiger charge is -2.34. The number of rotatable bonds is 23. The van der Waals surface area contributed by atoms with E-state index in [1.54, 1.807) is 98.4 Å². The number of thioether (sulfide) groups is 3. The molecule has 0 atom stereocenters. The monoisotopic (exact) mass is 1940 g/mol. The third-order valence-corrected chi connectivity index (χ3v) is 27.2. The number of hydrogen-bond acceptors (Lipinski definition) is 22. The van der Waals surface area contributed by atoms with Crippen LogP contribution in [-0.4, -0.2) is 145 Å². The molecule has 13 aromatic carbocycles. The fourth-order valence-electron chi connectivity index (χ4n) is 16.0. The van der Waals surface area contributed by atoms with Crippen molar-refractivity contribution in [2.75, 3.05) is 138 Å². The van der Waals surface area contributed by atoms with Crippen molar-refractivity contribution in [2.24, 2.45) is 0 Å². The summed E-state index contributed by atoms with van der Waals surface area (Å²) >= 11 is 5.41. The van der Waals surface area contributed by atoms with Gasteiger partial charge in [-0.15, -0.1) is 35.3 Å². The first-order valence-corrected chi connectivity index (χ1v) is 50.4. The molecule has 0 saturated heterocycles. The molecule has 6 heterocycles. The standard InChI is InChI=1S/C23H21NO2.C20H22FNOS.C20H22N2O3S.C17H17NO5S.C17H16O2S.C16H15NO2/c1-3-24-20-11-7-8-12-21(20)26-23(18-13-15-19(25-2)16-14-18)22(24)17-9-5-4-6-10-17;1-3-22(4-2)18-11-7-16(8-12-18)20-19(23-13-14-24-20)15-5-9-17(21)10-6-15;1-3-21(4-2)17-9-7-16(8-10-17)20-19(25-13-14-26-20)15-5-11-18(12-6-15)22(23)24;1-18-10-11-23-17(16(18)12-2-6-14(19)7-3-12)13-4-8-15(9-5-13)24(20,21)22;1-18-15-9-7-14(8-10-15)17-16(19-11-12-20-17)13-5-3-2-4-6-13;17-14-8-6-13(7-9-14)16-15(18-10-11-19-16)12-4-2-1-3-5-12/h4-16H,3H2,1-2H3;5-12H,3-4,13-14H2,1-2H3;5-12H,3-4,13-14H2,1-2H3;2-9,19H,10-11H2,1H3,(H,20,21,22);2-10H,11-12H2,1H3;1-9H,10-11,17H2. The summed E-state index contributed by atoms with van der Waals surface area (Å²) in [6.45, 7) is 20.0. The van der Waals surface area contributed by atoms with Crippen LogP contribution in [0.4, 0.5) is 32.8 Å². The predicted molar refractivity (Wildman–Crippen MR) is 567 cm³/mol. The maximum Gasteiger partial charge on any atom is 0.294 e. The van der Waals surface area contributed by atoms with E-state index in [1.165, 1.54) is 58.2 Å². The molecule has 716 valence electrons. The van der Waals surface area contributed by atoms with E-state index in [-0.39, 0.29) is 27.1 Å². The van der Waals surface area contributed by atoms with Gasteiger partial charge in [-0.1, -0.05) is 140 Å². The first-order chi connectivity index (χ1) is 67.8. The molecule has 0 aliphatic carbocycles. The second-order valence-corrected chi connectivity index (χ2v) is 36.6. The van der Waals surface area contributed by atoms with Gasteiger partial charge in [0.25, 0.3) is 15.8 Å². The van der Waals surface area contributed by atoms with E-state index in [1.807, 2.05) is 157 Å². The molecule has 13 aromatic rings. The molecule has 139 heavy (non-hydrogen) atoms. The highest BCUT2D eigenvalue weighted by molar-refractivity contribution is 8.09. The Morgan fingerprint density at radius 3 is 1.19 bits per heavy atom. The number of nitrogen functional groups attached to an aromatic ring is 1. The number of phenols is 1. The van der Waals surface area contributed by atoms with Crippen LogP contribution in [0.25, 0.3) is 66.4 Å². The molecule has 21 nitrogen and oxygen atoms in total. The van der Waals surface area contributed by atoms with E-state index in [9.17, 15) is 28.0 Å². The SMILES string of the molecule is CCN(CC)c1ccc(C2=C(c3ccc(F)cc3)OCCS2)cc1.CCN(CC)c1ccc(C2=C(c3ccc([N+](=O)[O-])cc3)OCCS2)cc1.CCN1C(c2ccccc2)=C(c2ccc(OC)cc2)Oc2ccccc21.CN1CCOC(c2ccc(S(=O)(=O)O)cc2)=C1c1ccc(O)cc1.COc1ccc(C2=C(c3ccccc3)OCCS2)cc1.Nc1ccc(C2=C(c3ccccc3)OCCO2)cc1. The number of para-hydroxylation sites is 2. The van der Waals surface area contributed by atoms with Crippen LogP contribution in [-0.2, 0) is 38.5 Å². The molecule has 0 aromatic heterocycles. The summed E-state index contributed by atoms with van der Waals surface area (Å²) in [5.74, 6) is 11.0. The van der Waals surface area contributed by atoms with Gasteiger partial charge in [0.15, 0.2) is 28.8 Å². The number of methoxy groups -OCH3 is 2. The van der Waals surface area contributed by atoms with Gasteiger partial charge in [-0.05, 0) is 233 Å². The van der Waals surface area contributed by atoms with Crippen LogP contribution in [0.15, 0.2) is 339 Å². The van der Waals surface area contributed by atoms with Crippen molar-refractivity contribution in [1.29, 1.82) is 0 Å². The largest absolute Gasteiger partial charge is 0.508 e. The van der Waals surface area contributed by atoms with Crippen molar-refractivity contribution in [3.05, 3.63) is 416 Å². The molecule has 0 fully saturated rings. The van der Waals surface area contributed by atoms with Crippen molar-refractivity contribution in [3.8, 4) is 23.0 Å². The van der Waals surface area contributed by atoms with Gasteiger partial charge < -0.3 is 73.1 Å². The molecular weight excluding hydrogens is 1830 g/mol. The zero-order valence-electron chi connectivity index (χ0n) is 78.9. The Balaban J connectivity index is 0.000000133. The molecule has 4 N–H and O–H groups in total. The van der Waals surface area contributed by atoms with Crippen molar-refractivity contribution in [2.45, 2.75) is 39.5 Å². The molecule has 0 spiro atoms. The third kappa shape index (κ3) is 26.1. The number of fused-ring (bicyclic) bond motifs is 1. The number of anilines is 4. The normalized spacial score (nSPS) is 14.4. The fraction of sp³-hybridized carbons (Fsp3) is 0.204. The number of likely N-dealkylation sites (N-methyl/N-ethyl adjacent to an activating group) is 1. The Morgan fingerprint density at radius 1 is 0.403 bits per heavy atom. The van der Waals surface area contributed by atoms with Crippen LogP contribution in [0.1, 0.15) is 101 Å². The number of nitrogens with zero attached hydrogens (tertiary/aromatic N) is 5. The fourth-order valence-corrected chi connectivity index (χ4v) is 19.5. The summed E-state index contributed by atoms with van der Waals surface area (Å²) in [7, 11) is 1.07. The molecule has 26 heteroatoms. The number of hydrogen-bond donors (Lipinski definition) is 3. The van der Waals surface area contributed by atoms with Gasteiger partial charge >= 0.3 is 0 Å². The highest BCUT2D eigenvalue weighted by Gasteiger charge is 2.31. The van der Waals surface area contributed by atoms with Crippen LogP contribution in [0.3, 0.4) is 0 Å². The summed E-state index contributed by atoms with van der Waals surface area (Å²) in [4.78, 5) is 22.7. The molecule has 0 radical (unpaired) electrons. The van der Waals surface area contributed by atoms with E-state index in [4.69, 9.17) is 52.9 Å². The highest BCUT2D eigenvalue weighted by Crippen LogP contribution is 2.47. The summed E-state index contributed by atoms with van der Waals surface area (Å²) in [5.41, 5.74) is 24.1. The molecule has 6 aliphatic rings. The van der Waals surface area contributed by atoms with Crippen LogP contribution in [0, 0.1) is 15.9 Å². The maximum absolute atomic E-state index is 13.2. The number of ether oxygens (including phenoxy) is 9. The quantitative estimate of drug-likeness (QED) is 0.0233. The second-order valence-electron chi connectivity index (χ2n) is 31.8. The van der Waals surface area contributed by atoms with Crippen molar-refractivity contribution in [1.82, 2.24) is 4.90 Å². The van der Waals surface area contributed by atoms with Crippen LogP contribution < -0.4 is 34.6 Å². The van der Waals surface area contributed by atoms with E-state index < -0.39 is 10.1 Å². The number of benzene rings is 13. The van der Waals surface area contributed by atoms with Gasteiger partial charge in [-0.2, -0.15) is 8.42 Å². The lowest BCUT2D eigenvalue weighted by atomic mass is 10.0. The average molecular weight is 1940 g/mol. The molecule has 6 aliphatic heterocycles. The summed E-state index contributed by atoms with van der Waals surface area (Å²) in [6.07, 6.45) is 0. The molecule has 0 unspecified atom stereocenters. The van der Waals surface area contributed by atoms with Gasteiger partial charge in [0.2, 0.25) is 0 Å². The Morgan fingerprint density at radius 2 is 0.748 bits per heavy atom. The van der Waals surface area contributed by atoms with Crippen molar-refractivity contribution >= 4 is 140 Å². The first-order valence-electron chi connectivity index (χ1n) is 46.0. The first kappa shape index (κ1) is 101. The number of non-ortho nitro benzene ring substituents is 1. The zero-order valence-corrected chi connectivity index (χ0v) is 82.2. The number of nitrogens with two attached hydrogens (primary N) is 1. The minimum atomic E-state index is -4.23. The minimum Gasteiger partial charge on any atom is -0.508 e. The Hall–Kier alpha value is -14.4.